The average Bonchev–Trinajstić information content (AvgIpc) is 2.60. The molecule has 0 atom stereocenters. The van der Waals surface area contributed by atoms with Gasteiger partial charge in [-0.25, -0.2) is 4.98 Å². The van der Waals surface area contributed by atoms with Crippen LogP contribution in [0, 0.1) is 5.92 Å². The first-order valence-corrected chi connectivity index (χ1v) is 8.19. The quantitative estimate of drug-likeness (QED) is 0.782. The maximum absolute atomic E-state index is 12.1. The molecule has 0 bridgehead atoms. The van der Waals surface area contributed by atoms with E-state index in [2.05, 4.69) is 29.5 Å². The van der Waals surface area contributed by atoms with Crippen LogP contribution in [0.4, 0.5) is 5.69 Å². The fourth-order valence-electron chi connectivity index (χ4n) is 2.19. The van der Waals surface area contributed by atoms with Crippen LogP contribution >= 0.6 is 0 Å². The van der Waals surface area contributed by atoms with Gasteiger partial charge in [0.15, 0.2) is 0 Å². The maximum atomic E-state index is 12.1. The van der Waals surface area contributed by atoms with Gasteiger partial charge in [-0.05, 0) is 42.2 Å². The Kier molecular flexibility index (Phi) is 6.61. The largest absolute Gasteiger partial charge is 0.497 e. The lowest BCUT2D eigenvalue weighted by Crippen LogP contribution is -2.26. The summed E-state index contributed by atoms with van der Waals surface area (Å²) in [5.41, 5.74) is 2.48. The molecule has 128 valence electrons. The fourth-order valence-corrected chi connectivity index (χ4v) is 2.19. The van der Waals surface area contributed by atoms with Gasteiger partial charge in [-0.2, -0.15) is 0 Å². The van der Waals surface area contributed by atoms with Crippen molar-refractivity contribution < 1.29 is 9.53 Å². The first kappa shape index (κ1) is 17.8. The van der Waals surface area contributed by atoms with Crippen LogP contribution in [0.25, 0.3) is 0 Å². The molecular weight excluding hydrogens is 302 g/mol. The molecule has 0 spiro atoms. The number of nitrogens with one attached hydrogen (secondary N) is 2. The lowest BCUT2D eigenvalue weighted by molar-refractivity contribution is 0.0949. The minimum Gasteiger partial charge on any atom is -0.497 e. The number of amides is 1. The topological polar surface area (TPSA) is 63.2 Å². The van der Waals surface area contributed by atoms with Crippen molar-refractivity contribution in [3.05, 3.63) is 53.9 Å². The molecule has 2 aromatic rings. The molecule has 24 heavy (non-hydrogen) atoms. The molecule has 1 aromatic carbocycles. The van der Waals surface area contributed by atoms with Gasteiger partial charge >= 0.3 is 0 Å². The third-order valence-corrected chi connectivity index (χ3v) is 3.54. The molecule has 1 heterocycles. The lowest BCUT2D eigenvalue weighted by Gasteiger charge is -2.09. The second kappa shape index (κ2) is 8.91. The lowest BCUT2D eigenvalue weighted by atomic mass is 10.1. The summed E-state index contributed by atoms with van der Waals surface area (Å²) in [6.45, 7) is 5.73. The van der Waals surface area contributed by atoms with Crippen molar-refractivity contribution in [2.75, 3.05) is 25.5 Å². The number of rotatable bonds is 8. The number of methoxy groups -OCH3 is 1. The van der Waals surface area contributed by atoms with Crippen LogP contribution in [0.2, 0.25) is 0 Å². The zero-order valence-electron chi connectivity index (χ0n) is 14.5. The number of aromatic nitrogens is 1. The molecule has 0 aliphatic heterocycles. The van der Waals surface area contributed by atoms with Crippen molar-refractivity contribution in [2.45, 2.75) is 20.3 Å². The molecule has 0 fully saturated rings. The smallest absolute Gasteiger partial charge is 0.269 e. The van der Waals surface area contributed by atoms with Crippen molar-refractivity contribution in [1.82, 2.24) is 10.3 Å². The molecule has 2 rings (SSSR count). The van der Waals surface area contributed by atoms with Crippen LogP contribution in [0.3, 0.4) is 0 Å². The molecule has 0 saturated heterocycles. The van der Waals surface area contributed by atoms with E-state index < -0.39 is 0 Å². The predicted octanol–water partition coefficient (Wildman–Crippen LogP) is 3.13. The number of hydrogen-bond acceptors (Lipinski definition) is 4. The summed E-state index contributed by atoms with van der Waals surface area (Å²) in [6, 6.07) is 11.5. The molecule has 0 aliphatic rings. The molecule has 0 unspecified atom stereocenters. The van der Waals surface area contributed by atoms with Gasteiger partial charge in [-0.1, -0.05) is 26.0 Å². The van der Waals surface area contributed by atoms with E-state index in [-0.39, 0.29) is 5.91 Å². The van der Waals surface area contributed by atoms with Gasteiger partial charge in [0, 0.05) is 13.1 Å². The molecular formula is C19H25N3O2. The highest BCUT2D eigenvalue weighted by molar-refractivity contribution is 5.92. The Labute approximate surface area is 143 Å². The Hall–Kier alpha value is -2.56. The van der Waals surface area contributed by atoms with Crippen LogP contribution in [-0.2, 0) is 6.42 Å². The Morgan fingerprint density at radius 2 is 2.08 bits per heavy atom. The maximum Gasteiger partial charge on any atom is 0.269 e. The van der Waals surface area contributed by atoms with Crippen molar-refractivity contribution in [3.63, 3.8) is 0 Å². The first-order valence-electron chi connectivity index (χ1n) is 8.19. The summed E-state index contributed by atoms with van der Waals surface area (Å²) in [4.78, 5) is 16.3. The van der Waals surface area contributed by atoms with Gasteiger partial charge in [0.2, 0.25) is 0 Å². The Balaban J connectivity index is 1.81. The summed E-state index contributed by atoms with van der Waals surface area (Å²) in [5, 5.41) is 6.17. The molecule has 0 saturated carbocycles. The minimum atomic E-state index is -0.159. The van der Waals surface area contributed by atoms with Crippen LogP contribution in [0.1, 0.15) is 29.9 Å². The van der Waals surface area contributed by atoms with Gasteiger partial charge in [0.05, 0.1) is 19.0 Å². The summed E-state index contributed by atoms with van der Waals surface area (Å²) >= 11 is 0. The minimum absolute atomic E-state index is 0.159. The van der Waals surface area contributed by atoms with E-state index in [1.807, 2.05) is 30.3 Å². The molecule has 0 aliphatic carbocycles. The number of anilines is 1. The number of nitrogens with zero attached hydrogens (tertiary/aromatic N) is 1. The normalized spacial score (nSPS) is 10.5. The fraction of sp³-hybridized carbons (Fsp3) is 0.368. The summed E-state index contributed by atoms with van der Waals surface area (Å²) in [5.74, 6) is 1.22. The van der Waals surface area contributed by atoms with Crippen LogP contribution in [-0.4, -0.2) is 31.1 Å². The van der Waals surface area contributed by atoms with Gasteiger partial charge in [-0.15, -0.1) is 0 Å². The van der Waals surface area contributed by atoms with E-state index >= 15 is 0 Å². The van der Waals surface area contributed by atoms with Crippen molar-refractivity contribution >= 4 is 11.6 Å². The van der Waals surface area contributed by atoms with Crippen molar-refractivity contribution in [2.24, 2.45) is 5.92 Å². The zero-order valence-corrected chi connectivity index (χ0v) is 14.5. The van der Waals surface area contributed by atoms with E-state index in [1.54, 1.807) is 19.4 Å². The summed E-state index contributed by atoms with van der Waals surface area (Å²) in [6.07, 6.45) is 2.44. The number of pyridine rings is 1. The Morgan fingerprint density at radius 1 is 1.25 bits per heavy atom. The monoisotopic (exact) mass is 327 g/mol. The third kappa shape index (κ3) is 5.57. The third-order valence-electron chi connectivity index (χ3n) is 3.54. The van der Waals surface area contributed by atoms with Crippen molar-refractivity contribution in [1.29, 1.82) is 0 Å². The summed E-state index contributed by atoms with van der Waals surface area (Å²) in [7, 11) is 1.65. The Morgan fingerprint density at radius 3 is 2.75 bits per heavy atom. The van der Waals surface area contributed by atoms with Crippen LogP contribution in [0.5, 0.6) is 5.75 Å². The number of benzene rings is 1. The highest BCUT2D eigenvalue weighted by Gasteiger charge is 2.07. The van der Waals surface area contributed by atoms with Crippen molar-refractivity contribution in [3.8, 4) is 5.75 Å². The van der Waals surface area contributed by atoms with Gasteiger partial charge in [-0.3, -0.25) is 4.79 Å². The second-order valence-electron chi connectivity index (χ2n) is 6.06. The second-order valence-corrected chi connectivity index (χ2v) is 6.06. The molecule has 1 amide bonds. The number of carbonyl (C=O) groups is 1. The zero-order chi connectivity index (χ0) is 17.4. The van der Waals surface area contributed by atoms with E-state index in [9.17, 15) is 4.79 Å². The van der Waals surface area contributed by atoms with Crippen LogP contribution < -0.4 is 15.4 Å². The number of carbonyl (C=O) groups excluding carboxylic acids is 1. The SMILES string of the molecule is COc1cccc(CCNC(=O)c2ccc(NCC(C)C)cn2)c1. The molecule has 5 nitrogen and oxygen atoms in total. The number of ether oxygens (including phenoxy) is 1. The Bertz CT molecular complexity index is 654. The molecule has 0 radical (unpaired) electrons. The van der Waals surface area contributed by atoms with Gasteiger partial charge in [0.25, 0.3) is 5.91 Å². The van der Waals surface area contributed by atoms with Gasteiger partial charge in [0.1, 0.15) is 11.4 Å². The van der Waals surface area contributed by atoms with E-state index in [4.69, 9.17) is 4.74 Å². The molecule has 5 heteroatoms. The van der Waals surface area contributed by atoms with Gasteiger partial charge < -0.3 is 15.4 Å². The standard InChI is InChI=1S/C19H25N3O2/c1-14(2)12-21-16-7-8-18(22-13-16)19(23)20-10-9-15-5-4-6-17(11-15)24-3/h4-8,11,13-14,21H,9-10,12H2,1-3H3,(H,20,23). The van der Waals surface area contributed by atoms with Crippen LogP contribution in [0.15, 0.2) is 42.6 Å². The molecule has 1 aromatic heterocycles. The summed E-state index contributed by atoms with van der Waals surface area (Å²) < 4.78 is 5.19. The van der Waals surface area contributed by atoms with E-state index in [0.29, 0.717) is 18.2 Å². The first-order chi connectivity index (χ1) is 11.6. The molecule has 2 N–H and O–H groups in total. The van der Waals surface area contributed by atoms with E-state index in [0.717, 1.165) is 30.0 Å². The average molecular weight is 327 g/mol. The number of hydrogen-bond donors (Lipinski definition) is 2. The van der Waals surface area contributed by atoms with E-state index in [1.165, 1.54) is 0 Å². The highest BCUT2D eigenvalue weighted by atomic mass is 16.5. The predicted molar refractivity (Wildman–Crippen MR) is 96.6 cm³/mol. The highest BCUT2D eigenvalue weighted by Crippen LogP contribution is 2.12.